The van der Waals surface area contributed by atoms with Crippen LogP contribution >= 0.6 is 0 Å². The predicted octanol–water partition coefficient (Wildman–Crippen LogP) is 0.783. The monoisotopic (exact) mass is 483 g/mol. The molecule has 34 heavy (non-hydrogen) atoms. The van der Waals surface area contributed by atoms with Gasteiger partial charge in [-0.05, 0) is 30.1 Å². The fourth-order valence-corrected chi connectivity index (χ4v) is 3.24. The molecular formula is C23H41N5O6. The fraction of sp³-hybridized carbons (Fsp3) is 0.783. The largest absolute Gasteiger partial charge is 0.449 e. The van der Waals surface area contributed by atoms with E-state index in [1.807, 2.05) is 48.5 Å². The summed E-state index contributed by atoms with van der Waals surface area (Å²) in [6, 6.07) is -2.85. The third-order valence-electron chi connectivity index (χ3n) is 5.36. The van der Waals surface area contributed by atoms with Gasteiger partial charge < -0.3 is 20.7 Å². The number of rotatable bonds is 10. The van der Waals surface area contributed by atoms with Gasteiger partial charge in [0.1, 0.15) is 12.1 Å². The standard InChI is InChI=1S/C23H41N5O6/c1-8-14(4)17(27-22(33)34-12-23(5,6)7)20(31)26-16(11-13(2)3)19(30)25-15-9-10-24-28-21(32)18(15)29/h13-17,24H,8-12H2,1-7H3,(H,25,30)(H,26,31)(H,27,33)(H,28,32). The lowest BCUT2D eigenvalue weighted by Gasteiger charge is -2.28. The molecule has 1 aliphatic rings. The molecule has 1 fully saturated rings. The van der Waals surface area contributed by atoms with E-state index in [2.05, 4.69) is 26.8 Å². The third-order valence-corrected chi connectivity index (χ3v) is 5.36. The minimum Gasteiger partial charge on any atom is -0.449 e. The van der Waals surface area contributed by atoms with Gasteiger partial charge in [0.25, 0.3) is 0 Å². The minimum absolute atomic E-state index is 0.0533. The van der Waals surface area contributed by atoms with E-state index < -0.39 is 47.7 Å². The first kappa shape index (κ1) is 29.3. The lowest BCUT2D eigenvalue weighted by molar-refractivity contribution is -0.140. The molecule has 1 heterocycles. The van der Waals surface area contributed by atoms with Crippen LogP contribution in [0.1, 0.15) is 67.7 Å². The van der Waals surface area contributed by atoms with E-state index in [-0.39, 0.29) is 30.3 Å². The highest BCUT2D eigenvalue weighted by Gasteiger charge is 2.34. The van der Waals surface area contributed by atoms with E-state index in [1.165, 1.54) is 0 Å². The Morgan fingerprint density at radius 1 is 1.09 bits per heavy atom. The first-order chi connectivity index (χ1) is 15.7. The van der Waals surface area contributed by atoms with Crippen molar-refractivity contribution in [3.63, 3.8) is 0 Å². The van der Waals surface area contributed by atoms with Crippen LogP contribution in [0.2, 0.25) is 0 Å². The number of nitrogens with one attached hydrogen (secondary N) is 5. The summed E-state index contributed by atoms with van der Waals surface area (Å²) in [7, 11) is 0. The van der Waals surface area contributed by atoms with Crippen LogP contribution in [0.25, 0.3) is 0 Å². The second-order valence-electron chi connectivity index (χ2n) is 10.4. The molecule has 4 amide bonds. The van der Waals surface area contributed by atoms with Crippen LogP contribution in [0.15, 0.2) is 0 Å². The highest BCUT2D eigenvalue weighted by Crippen LogP contribution is 2.14. The highest BCUT2D eigenvalue weighted by atomic mass is 16.5. The van der Waals surface area contributed by atoms with Crippen LogP contribution in [0.3, 0.4) is 0 Å². The third kappa shape index (κ3) is 10.1. The SMILES string of the molecule is CCC(C)C(NC(=O)OCC(C)(C)C)C(=O)NC(CC(C)C)C(=O)NC1CCNNC(=O)C1=O. The maximum absolute atomic E-state index is 13.1. The first-order valence-electron chi connectivity index (χ1n) is 11.9. The Bertz CT molecular complexity index is 749. The number of amides is 4. The highest BCUT2D eigenvalue weighted by molar-refractivity contribution is 6.38. The molecule has 0 radical (unpaired) electrons. The number of ether oxygens (including phenoxy) is 1. The Balaban J connectivity index is 2.93. The number of alkyl carbamates (subject to hydrolysis) is 1. The lowest BCUT2D eigenvalue weighted by atomic mass is 9.96. The molecule has 194 valence electrons. The van der Waals surface area contributed by atoms with Gasteiger partial charge in [-0.25, -0.2) is 10.2 Å². The van der Waals surface area contributed by atoms with Crippen molar-refractivity contribution in [3.8, 4) is 0 Å². The van der Waals surface area contributed by atoms with Crippen molar-refractivity contribution >= 4 is 29.6 Å². The molecule has 11 nitrogen and oxygen atoms in total. The van der Waals surface area contributed by atoms with Crippen LogP contribution < -0.4 is 26.8 Å². The molecule has 1 rings (SSSR count). The summed E-state index contributed by atoms with van der Waals surface area (Å²) in [5, 5.41) is 7.94. The van der Waals surface area contributed by atoms with Crippen LogP contribution in [-0.2, 0) is 23.9 Å². The summed E-state index contributed by atoms with van der Waals surface area (Å²) in [4.78, 5) is 62.4. The van der Waals surface area contributed by atoms with Crippen LogP contribution in [-0.4, -0.2) is 60.9 Å². The normalized spacial score (nSPS) is 19.4. The van der Waals surface area contributed by atoms with Crippen molar-refractivity contribution in [2.24, 2.45) is 17.3 Å². The zero-order valence-electron chi connectivity index (χ0n) is 21.4. The van der Waals surface area contributed by atoms with Crippen LogP contribution in [0.5, 0.6) is 0 Å². The fourth-order valence-electron chi connectivity index (χ4n) is 3.24. The maximum Gasteiger partial charge on any atom is 0.407 e. The van der Waals surface area contributed by atoms with Crippen molar-refractivity contribution < 1.29 is 28.7 Å². The van der Waals surface area contributed by atoms with Gasteiger partial charge in [-0.2, -0.15) is 0 Å². The molecule has 4 unspecified atom stereocenters. The first-order valence-corrected chi connectivity index (χ1v) is 11.9. The smallest absolute Gasteiger partial charge is 0.407 e. The summed E-state index contributed by atoms with van der Waals surface area (Å²) in [5.74, 6) is -2.83. The Morgan fingerprint density at radius 2 is 1.74 bits per heavy atom. The molecule has 4 atom stereocenters. The topological polar surface area (TPSA) is 155 Å². The van der Waals surface area contributed by atoms with Crippen molar-refractivity contribution in [3.05, 3.63) is 0 Å². The van der Waals surface area contributed by atoms with E-state index >= 15 is 0 Å². The van der Waals surface area contributed by atoms with Crippen LogP contribution in [0.4, 0.5) is 4.79 Å². The molecule has 0 saturated carbocycles. The zero-order valence-corrected chi connectivity index (χ0v) is 21.4. The number of carbonyl (C=O) groups is 5. The maximum atomic E-state index is 13.1. The van der Waals surface area contributed by atoms with Crippen molar-refractivity contribution in [2.75, 3.05) is 13.2 Å². The number of hydrazine groups is 1. The van der Waals surface area contributed by atoms with E-state index in [1.54, 1.807) is 0 Å². The van der Waals surface area contributed by atoms with Gasteiger partial charge in [0.15, 0.2) is 0 Å². The molecule has 5 N–H and O–H groups in total. The molecule has 0 spiro atoms. The summed E-state index contributed by atoms with van der Waals surface area (Å²) in [5.41, 5.74) is 4.63. The van der Waals surface area contributed by atoms with Gasteiger partial charge >= 0.3 is 12.0 Å². The molecule has 0 bridgehead atoms. The number of Topliss-reactive ketones (excluding diaryl/α,β-unsaturated/α-hetero) is 1. The second kappa shape index (κ2) is 13.3. The number of hydrogen-bond acceptors (Lipinski definition) is 7. The molecule has 11 heteroatoms. The molecule has 1 saturated heterocycles. The molecular weight excluding hydrogens is 442 g/mol. The molecule has 0 aromatic carbocycles. The van der Waals surface area contributed by atoms with E-state index in [4.69, 9.17) is 4.74 Å². The average Bonchev–Trinajstić information content (AvgIpc) is 2.89. The lowest BCUT2D eigenvalue weighted by Crippen LogP contribution is -2.58. The Labute approximate surface area is 201 Å². The Kier molecular flexibility index (Phi) is 11.4. The number of hydrogen-bond donors (Lipinski definition) is 5. The van der Waals surface area contributed by atoms with Gasteiger partial charge in [-0.3, -0.25) is 24.6 Å². The van der Waals surface area contributed by atoms with Crippen molar-refractivity contribution in [2.45, 2.75) is 85.9 Å². The predicted molar refractivity (Wildman–Crippen MR) is 126 cm³/mol. The van der Waals surface area contributed by atoms with Crippen LogP contribution in [0, 0.1) is 17.3 Å². The van der Waals surface area contributed by atoms with Gasteiger partial charge in [-0.15, -0.1) is 0 Å². The van der Waals surface area contributed by atoms with Gasteiger partial charge in [-0.1, -0.05) is 54.9 Å². The number of carbonyl (C=O) groups excluding carboxylic acids is 5. The summed E-state index contributed by atoms with van der Waals surface area (Å²) < 4.78 is 5.24. The molecule has 0 aromatic heterocycles. The Hall–Kier alpha value is -2.69. The molecule has 1 aliphatic heterocycles. The van der Waals surface area contributed by atoms with Gasteiger partial charge in [0.05, 0.1) is 12.6 Å². The Morgan fingerprint density at radius 3 is 2.29 bits per heavy atom. The molecule has 0 aromatic rings. The second-order valence-corrected chi connectivity index (χ2v) is 10.4. The zero-order chi connectivity index (χ0) is 26.1. The summed E-state index contributed by atoms with van der Waals surface area (Å²) in [6.45, 7) is 13.8. The summed E-state index contributed by atoms with van der Waals surface area (Å²) >= 11 is 0. The summed E-state index contributed by atoms with van der Waals surface area (Å²) in [6.07, 6.45) is 0.437. The van der Waals surface area contributed by atoms with Gasteiger partial charge in [0.2, 0.25) is 17.6 Å². The van der Waals surface area contributed by atoms with E-state index in [0.717, 1.165) is 0 Å². The average molecular weight is 484 g/mol. The van der Waals surface area contributed by atoms with Gasteiger partial charge in [0, 0.05) is 6.54 Å². The van der Waals surface area contributed by atoms with E-state index in [9.17, 15) is 24.0 Å². The van der Waals surface area contributed by atoms with Crippen molar-refractivity contribution in [1.82, 2.24) is 26.8 Å². The number of ketones is 1. The van der Waals surface area contributed by atoms with E-state index in [0.29, 0.717) is 19.4 Å². The van der Waals surface area contributed by atoms with Crippen molar-refractivity contribution in [1.29, 1.82) is 0 Å². The quantitative estimate of drug-likeness (QED) is 0.288. The molecule has 0 aliphatic carbocycles. The minimum atomic E-state index is -0.995.